The molecule has 0 spiro atoms. The molecule has 152 valence electrons. The van der Waals surface area contributed by atoms with Crippen LogP contribution >= 0.6 is 0 Å². The summed E-state index contributed by atoms with van der Waals surface area (Å²) in [5.41, 5.74) is 2.89. The van der Waals surface area contributed by atoms with E-state index >= 15 is 0 Å². The lowest BCUT2D eigenvalue weighted by molar-refractivity contribution is 0.298. The molecule has 4 aromatic rings. The molecule has 0 amide bonds. The fourth-order valence-electron chi connectivity index (χ4n) is 3.24. The molecule has 0 saturated heterocycles. The van der Waals surface area contributed by atoms with Crippen LogP contribution in [0.2, 0.25) is 0 Å². The number of hydrogen-bond acceptors (Lipinski definition) is 4. The van der Waals surface area contributed by atoms with Crippen molar-refractivity contribution in [2.75, 3.05) is 0 Å². The number of unbranched alkanes of at least 4 members (excludes halogenated alkanes) is 1. The van der Waals surface area contributed by atoms with E-state index in [1.807, 2.05) is 79.1 Å². The van der Waals surface area contributed by atoms with E-state index in [-0.39, 0.29) is 5.56 Å². The monoisotopic (exact) mass is 400 g/mol. The van der Waals surface area contributed by atoms with Crippen LogP contribution in [-0.4, -0.2) is 19.6 Å². The number of nitrogens with zero attached hydrogens (tertiary/aromatic N) is 4. The van der Waals surface area contributed by atoms with E-state index in [0.717, 1.165) is 36.2 Å². The third-order valence-electron chi connectivity index (χ3n) is 4.87. The minimum Gasteiger partial charge on any atom is -0.483 e. The van der Waals surface area contributed by atoms with Crippen molar-refractivity contribution in [3.05, 3.63) is 107 Å². The van der Waals surface area contributed by atoms with Crippen molar-refractivity contribution in [3.8, 4) is 11.4 Å². The summed E-state index contributed by atoms with van der Waals surface area (Å²) in [5, 5.41) is 8.44. The Morgan fingerprint density at radius 3 is 2.43 bits per heavy atom. The highest BCUT2D eigenvalue weighted by Gasteiger charge is 2.06. The van der Waals surface area contributed by atoms with Crippen LogP contribution in [0, 0.1) is 0 Å². The first-order valence-electron chi connectivity index (χ1n) is 10.1. The van der Waals surface area contributed by atoms with Gasteiger partial charge in [0.2, 0.25) is 0 Å². The second kappa shape index (κ2) is 9.69. The zero-order valence-corrected chi connectivity index (χ0v) is 16.7. The van der Waals surface area contributed by atoms with Crippen molar-refractivity contribution in [1.82, 2.24) is 19.6 Å². The molecule has 0 aliphatic heterocycles. The lowest BCUT2D eigenvalue weighted by atomic mass is 10.2. The maximum atomic E-state index is 12.6. The van der Waals surface area contributed by atoms with Gasteiger partial charge < -0.3 is 9.30 Å². The zero-order chi connectivity index (χ0) is 20.6. The SMILES string of the molecule is O=c1c(OCc2ccccc2)cccn1CCCCc1cn(-c2ccccc2)nn1. The summed E-state index contributed by atoms with van der Waals surface area (Å²) in [5.74, 6) is 0.382. The molecule has 4 rings (SSSR count). The molecule has 2 aromatic heterocycles. The Balaban J connectivity index is 1.28. The summed E-state index contributed by atoms with van der Waals surface area (Å²) < 4.78 is 9.22. The van der Waals surface area contributed by atoms with Crippen molar-refractivity contribution in [2.45, 2.75) is 32.4 Å². The molecule has 6 heteroatoms. The number of hydrogen-bond donors (Lipinski definition) is 0. The number of ether oxygens (including phenoxy) is 1. The molecule has 0 bridgehead atoms. The Kier molecular flexibility index (Phi) is 6.35. The van der Waals surface area contributed by atoms with Gasteiger partial charge in [-0.3, -0.25) is 4.79 Å². The first kappa shape index (κ1) is 19.6. The lowest BCUT2D eigenvalue weighted by Crippen LogP contribution is -2.21. The standard InChI is InChI=1S/C24H24N4O2/c29-24-23(30-19-20-10-3-1-4-11-20)15-9-17-27(24)16-8-7-12-21-18-28(26-25-21)22-13-5-2-6-14-22/h1-6,9-11,13-15,17-18H,7-8,12,16,19H2. The molecular weight excluding hydrogens is 376 g/mol. The summed E-state index contributed by atoms with van der Waals surface area (Å²) in [4.78, 5) is 12.6. The molecule has 0 fully saturated rings. The molecule has 0 N–H and O–H groups in total. The Morgan fingerprint density at radius 1 is 0.867 bits per heavy atom. The van der Waals surface area contributed by atoms with E-state index in [0.29, 0.717) is 18.9 Å². The average molecular weight is 400 g/mol. The molecule has 0 aliphatic carbocycles. The molecule has 30 heavy (non-hydrogen) atoms. The van der Waals surface area contributed by atoms with Gasteiger partial charge in [-0.15, -0.1) is 5.10 Å². The average Bonchev–Trinajstić information content (AvgIpc) is 3.27. The summed E-state index contributed by atoms with van der Waals surface area (Å²) in [6.07, 6.45) is 6.39. The fourth-order valence-corrected chi connectivity index (χ4v) is 3.24. The molecule has 0 radical (unpaired) electrons. The minimum absolute atomic E-state index is 0.0940. The van der Waals surface area contributed by atoms with E-state index in [1.54, 1.807) is 15.3 Å². The Morgan fingerprint density at radius 2 is 1.63 bits per heavy atom. The maximum Gasteiger partial charge on any atom is 0.292 e. The van der Waals surface area contributed by atoms with E-state index in [2.05, 4.69) is 10.3 Å². The molecule has 2 aromatic carbocycles. The van der Waals surface area contributed by atoms with Crippen molar-refractivity contribution >= 4 is 0 Å². The number of aromatic nitrogens is 4. The van der Waals surface area contributed by atoms with Crippen LogP contribution in [0.5, 0.6) is 5.75 Å². The van der Waals surface area contributed by atoms with Gasteiger partial charge in [0, 0.05) is 12.7 Å². The smallest absolute Gasteiger partial charge is 0.292 e. The number of para-hydroxylation sites is 1. The Hall–Kier alpha value is -3.67. The molecular formula is C24H24N4O2. The van der Waals surface area contributed by atoms with Crippen LogP contribution in [-0.2, 0) is 19.6 Å². The van der Waals surface area contributed by atoms with Gasteiger partial charge in [-0.2, -0.15) is 0 Å². The minimum atomic E-state index is -0.0940. The highest BCUT2D eigenvalue weighted by molar-refractivity contribution is 5.29. The number of pyridine rings is 1. The van der Waals surface area contributed by atoms with Gasteiger partial charge in [-0.25, -0.2) is 4.68 Å². The number of aryl methyl sites for hydroxylation is 2. The van der Waals surface area contributed by atoms with Crippen molar-refractivity contribution in [2.24, 2.45) is 0 Å². The topological polar surface area (TPSA) is 61.9 Å². The van der Waals surface area contributed by atoms with Crippen LogP contribution in [0.4, 0.5) is 0 Å². The molecule has 2 heterocycles. The maximum absolute atomic E-state index is 12.6. The van der Waals surface area contributed by atoms with Gasteiger partial charge in [0.25, 0.3) is 5.56 Å². The third kappa shape index (κ3) is 5.03. The van der Waals surface area contributed by atoms with Crippen LogP contribution < -0.4 is 10.3 Å². The Labute approximate surface area is 175 Å². The van der Waals surface area contributed by atoms with Gasteiger partial charge in [-0.1, -0.05) is 53.7 Å². The highest BCUT2D eigenvalue weighted by Crippen LogP contribution is 2.10. The van der Waals surface area contributed by atoms with Crippen molar-refractivity contribution in [1.29, 1.82) is 0 Å². The fraction of sp³-hybridized carbons (Fsp3) is 0.208. The molecule has 0 saturated carbocycles. The first-order chi connectivity index (χ1) is 14.8. The van der Waals surface area contributed by atoms with Crippen LogP contribution in [0.25, 0.3) is 5.69 Å². The summed E-state index contributed by atoms with van der Waals surface area (Å²) in [6, 6.07) is 23.3. The highest BCUT2D eigenvalue weighted by atomic mass is 16.5. The van der Waals surface area contributed by atoms with Gasteiger partial charge in [0.15, 0.2) is 5.75 Å². The number of rotatable bonds is 9. The summed E-state index contributed by atoms with van der Waals surface area (Å²) in [6.45, 7) is 1.03. The second-order valence-corrected chi connectivity index (χ2v) is 7.09. The van der Waals surface area contributed by atoms with E-state index in [1.165, 1.54) is 0 Å². The predicted molar refractivity (Wildman–Crippen MR) is 116 cm³/mol. The van der Waals surface area contributed by atoms with Crippen LogP contribution in [0.3, 0.4) is 0 Å². The van der Waals surface area contributed by atoms with Crippen molar-refractivity contribution < 1.29 is 4.74 Å². The van der Waals surface area contributed by atoms with Gasteiger partial charge in [-0.05, 0) is 49.1 Å². The first-order valence-corrected chi connectivity index (χ1v) is 10.1. The zero-order valence-electron chi connectivity index (χ0n) is 16.7. The van der Waals surface area contributed by atoms with E-state index < -0.39 is 0 Å². The molecule has 0 aliphatic rings. The molecule has 0 unspecified atom stereocenters. The quantitative estimate of drug-likeness (QED) is 0.398. The van der Waals surface area contributed by atoms with E-state index in [4.69, 9.17) is 4.74 Å². The summed E-state index contributed by atoms with van der Waals surface area (Å²) in [7, 11) is 0. The lowest BCUT2D eigenvalue weighted by Gasteiger charge is -2.09. The number of benzene rings is 2. The van der Waals surface area contributed by atoms with Crippen LogP contribution in [0.1, 0.15) is 24.1 Å². The van der Waals surface area contributed by atoms with Gasteiger partial charge in [0.05, 0.1) is 17.6 Å². The van der Waals surface area contributed by atoms with Gasteiger partial charge in [0.1, 0.15) is 6.61 Å². The van der Waals surface area contributed by atoms with Gasteiger partial charge >= 0.3 is 0 Å². The third-order valence-corrected chi connectivity index (χ3v) is 4.87. The summed E-state index contributed by atoms with van der Waals surface area (Å²) >= 11 is 0. The Bertz CT molecular complexity index is 1120. The van der Waals surface area contributed by atoms with Crippen LogP contribution in [0.15, 0.2) is 90.0 Å². The van der Waals surface area contributed by atoms with Crippen molar-refractivity contribution in [3.63, 3.8) is 0 Å². The second-order valence-electron chi connectivity index (χ2n) is 7.09. The normalized spacial score (nSPS) is 10.8. The predicted octanol–water partition coefficient (Wildman–Crippen LogP) is 4.03. The molecule has 0 atom stereocenters. The largest absolute Gasteiger partial charge is 0.483 e. The van der Waals surface area contributed by atoms with E-state index in [9.17, 15) is 4.79 Å². The molecule has 6 nitrogen and oxygen atoms in total.